The molecule has 0 aliphatic rings. The standard InChI is InChI=1S/C19H19N3OS/c1-13-6-3-4-7-15(13)10-18(23)21-14(2)19-22-17(12-24-19)16-8-5-9-20-11-16/h3-9,11-12,14H,10H2,1-2H3,(H,21,23). The average molecular weight is 337 g/mol. The lowest BCUT2D eigenvalue weighted by atomic mass is 10.1. The first kappa shape index (κ1) is 16.3. The molecule has 1 N–H and O–H groups in total. The first-order chi connectivity index (χ1) is 11.6. The molecule has 1 amide bonds. The van der Waals surface area contributed by atoms with Gasteiger partial charge < -0.3 is 5.32 Å². The lowest BCUT2D eigenvalue weighted by Gasteiger charge is -2.12. The number of carbonyl (C=O) groups is 1. The Morgan fingerprint density at radius 1 is 1.25 bits per heavy atom. The summed E-state index contributed by atoms with van der Waals surface area (Å²) in [4.78, 5) is 21.0. The number of thiazole rings is 1. The minimum absolute atomic E-state index is 0.00919. The van der Waals surface area contributed by atoms with Gasteiger partial charge in [0.15, 0.2) is 0 Å². The fraction of sp³-hybridized carbons (Fsp3) is 0.211. The molecule has 1 unspecified atom stereocenters. The Labute approximate surface area is 145 Å². The van der Waals surface area contributed by atoms with Gasteiger partial charge in [-0.2, -0.15) is 0 Å². The summed E-state index contributed by atoms with van der Waals surface area (Å²) in [7, 11) is 0. The van der Waals surface area contributed by atoms with Crippen LogP contribution in [0.15, 0.2) is 54.2 Å². The van der Waals surface area contributed by atoms with E-state index in [9.17, 15) is 4.79 Å². The number of aromatic nitrogens is 2. The lowest BCUT2D eigenvalue weighted by molar-refractivity contribution is -0.121. The summed E-state index contributed by atoms with van der Waals surface area (Å²) in [5.41, 5.74) is 4.06. The summed E-state index contributed by atoms with van der Waals surface area (Å²) in [5, 5.41) is 5.92. The van der Waals surface area contributed by atoms with Crippen molar-refractivity contribution < 1.29 is 4.79 Å². The van der Waals surface area contributed by atoms with Gasteiger partial charge in [-0.3, -0.25) is 9.78 Å². The van der Waals surface area contributed by atoms with Crippen molar-refractivity contribution in [2.24, 2.45) is 0 Å². The monoisotopic (exact) mass is 337 g/mol. The number of aryl methyl sites for hydroxylation is 1. The highest BCUT2D eigenvalue weighted by molar-refractivity contribution is 7.10. The summed E-state index contributed by atoms with van der Waals surface area (Å²) in [6, 6.07) is 11.7. The van der Waals surface area contributed by atoms with E-state index in [0.717, 1.165) is 27.4 Å². The Kier molecular flexibility index (Phi) is 5.01. The molecule has 0 spiro atoms. The number of nitrogens with one attached hydrogen (secondary N) is 1. The summed E-state index contributed by atoms with van der Waals surface area (Å²) in [6.07, 6.45) is 3.92. The zero-order valence-corrected chi connectivity index (χ0v) is 14.5. The number of hydrogen-bond donors (Lipinski definition) is 1. The molecule has 0 radical (unpaired) electrons. The molecule has 0 saturated heterocycles. The second-order valence-corrected chi connectivity index (χ2v) is 6.59. The molecule has 122 valence electrons. The summed E-state index contributed by atoms with van der Waals surface area (Å²) in [5.74, 6) is 0.00919. The summed E-state index contributed by atoms with van der Waals surface area (Å²) in [6.45, 7) is 3.98. The van der Waals surface area contributed by atoms with Gasteiger partial charge >= 0.3 is 0 Å². The molecule has 4 nitrogen and oxygen atoms in total. The Morgan fingerprint density at radius 3 is 2.83 bits per heavy atom. The molecular formula is C19H19N3OS. The van der Waals surface area contributed by atoms with E-state index in [-0.39, 0.29) is 11.9 Å². The quantitative estimate of drug-likeness (QED) is 0.767. The van der Waals surface area contributed by atoms with Gasteiger partial charge in [0.1, 0.15) is 5.01 Å². The van der Waals surface area contributed by atoms with Crippen molar-refractivity contribution in [1.82, 2.24) is 15.3 Å². The Hall–Kier alpha value is -2.53. The van der Waals surface area contributed by atoms with Gasteiger partial charge in [-0.25, -0.2) is 4.98 Å². The fourth-order valence-corrected chi connectivity index (χ4v) is 3.30. The zero-order valence-electron chi connectivity index (χ0n) is 13.7. The fourth-order valence-electron chi connectivity index (χ4n) is 2.47. The SMILES string of the molecule is Cc1ccccc1CC(=O)NC(C)c1nc(-c2cccnc2)cs1. The van der Waals surface area contributed by atoms with Gasteiger partial charge in [-0.1, -0.05) is 24.3 Å². The molecule has 0 saturated carbocycles. The van der Waals surface area contributed by atoms with Crippen molar-refractivity contribution >= 4 is 17.2 Å². The van der Waals surface area contributed by atoms with Gasteiger partial charge in [0.25, 0.3) is 0 Å². The summed E-state index contributed by atoms with van der Waals surface area (Å²) < 4.78 is 0. The lowest BCUT2D eigenvalue weighted by Crippen LogP contribution is -2.28. The van der Waals surface area contributed by atoms with Crippen molar-refractivity contribution in [2.45, 2.75) is 26.3 Å². The van der Waals surface area contributed by atoms with Crippen LogP contribution in [0.25, 0.3) is 11.3 Å². The maximum atomic E-state index is 12.3. The van der Waals surface area contributed by atoms with Crippen molar-refractivity contribution in [3.8, 4) is 11.3 Å². The van der Waals surface area contributed by atoms with Gasteiger partial charge in [0.2, 0.25) is 5.91 Å². The molecule has 0 aliphatic carbocycles. The third kappa shape index (κ3) is 3.86. The van der Waals surface area contributed by atoms with Crippen molar-refractivity contribution in [3.63, 3.8) is 0 Å². The van der Waals surface area contributed by atoms with Gasteiger partial charge in [0.05, 0.1) is 18.2 Å². The topological polar surface area (TPSA) is 54.9 Å². The van der Waals surface area contributed by atoms with Crippen molar-refractivity contribution in [3.05, 3.63) is 70.3 Å². The van der Waals surface area contributed by atoms with Crippen LogP contribution < -0.4 is 5.32 Å². The highest BCUT2D eigenvalue weighted by Crippen LogP contribution is 2.24. The number of rotatable bonds is 5. The first-order valence-corrected chi connectivity index (χ1v) is 8.71. The van der Waals surface area contributed by atoms with Gasteiger partial charge in [-0.05, 0) is 37.1 Å². The van der Waals surface area contributed by atoms with Crippen LogP contribution in [-0.4, -0.2) is 15.9 Å². The zero-order chi connectivity index (χ0) is 16.9. The number of pyridine rings is 1. The van der Waals surface area contributed by atoms with Gasteiger partial charge in [-0.15, -0.1) is 11.3 Å². The van der Waals surface area contributed by atoms with E-state index in [1.807, 2.05) is 55.6 Å². The Morgan fingerprint density at radius 2 is 2.08 bits per heavy atom. The van der Waals surface area contributed by atoms with E-state index in [4.69, 9.17) is 0 Å². The van der Waals surface area contributed by atoms with Crippen molar-refractivity contribution in [1.29, 1.82) is 0 Å². The number of nitrogens with zero attached hydrogens (tertiary/aromatic N) is 2. The maximum absolute atomic E-state index is 12.3. The minimum Gasteiger partial charge on any atom is -0.347 e. The van der Waals surface area contributed by atoms with Gasteiger partial charge in [0, 0.05) is 23.3 Å². The maximum Gasteiger partial charge on any atom is 0.224 e. The number of carbonyl (C=O) groups excluding carboxylic acids is 1. The van der Waals surface area contributed by atoms with Crippen LogP contribution >= 0.6 is 11.3 Å². The number of benzene rings is 1. The second-order valence-electron chi connectivity index (χ2n) is 5.71. The first-order valence-electron chi connectivity index (χ1n) is 7.83. The molecule has 1 atom stereocenters. The molecule has 0 aliphatic heterocycles. The smallest absolute Gasteiger partial charge is 0.224 e. The molecular weight excluding hydrogens is 318 g/mol. The molecule has 2 aromatic heterocycles. The van der Waals surface area contributed by atoms with Crippen LogP contribution in [0.4, 0.5) is 0 Å². The molecule has 3 rings (SSSR count). The predicted molar refractivity (Wildman–Crippen MR) is 96.8 cm³/mol. The number of amides is 1. The molecule has 24 heavy (non-hydrogen) atoms. The Bertz CT molecular complexity index is 829. The third-order valence-electron chi connectivity index (χ3n) is 3.84. The molecule has 5 heteroatoms. The van der Waals surface area contributed by atoms with E-state index in [1.165, 1.54) is 0 Å². The summed E-state index contributed by atoms with van der Waals surface area (Å²) >= 11 is 1.55. The molecule has 1 aromatic carbocycles. The molecule has 0 fully saturated rings. The van der Waals surface area contributed by atoms with Crippen LogP contribution in [0, 0.1) is 6.92 Å². The number of hydrogen-bond acceptors (Lipinski definition) is 4. The van der Waals surface area contributed by atoms with Crippen LogP contribution in [0.1, 0.15) is 29.1 Å². The van der Waals surface area contributed by atoms with E-state index >= 15 is 0 Å². The van der Waals surface area contributed by atoms with E-state index in [0.29, 0.717) is 6.42 Å². The van der Waals surface area contributed by atoms with Crippen LogP contribution in [0.5, 0.6) is 0 Å². The minimum atomic E-state index is -0.114. The largest absolute Gasteiger partial charge is 0.347 e. The molecule has 3 aromatic rings. The van der Waals surface area contributed by atoms with E-state index in [1.54, 1.807) is 23.7 Å². The van der Waals surface area contributed by atoms with E-state index < -0.39 is 0 Å². The third-order valence-corrected chi connectivity index (χ3v) is 4.87. The Balaban J connectivity index is 1.65. The van der Waals surface area contributed by atoms with Crippen molar-refractivity contribution in [2.75, 3.05) is 0 Å². The average Bonchev–Trinajstić information content (AvgIpc) is 3.08. The molecule has 0 bridgehead atoms. The second kappa shape index (κ2) is 7.36. The predicted octanol–water partition coefficient (Wildman–Crippen LogP) is 3.93. The van der Waals surface area contributed by atoms with Crippen LogP contribution in [0.2, 0.25) is 0 Å². The molecule has 2 heterocycles. The van der Waals surface area contributed by atoms with E-state index in [2.05, 4.69) is 15.3 Å². The normalized spacial score (nSPS) is 11.9. The highest BCUT2D eigenvalue weighted by atomic mass is 32.1. The van der Waals surface area contributed by atoms with Crippen LogP contribution in [-0.2, 0) is 11.2 Å². The van der Waals surface area contributed by atoms with Crippen LogP contribution in [0.3, 0.4) is 0 Å². The highest BCUT2D eigenvalue weighted by Gasteiger charge is 2.15.